The van der Waals surface area contributed by atoms with E-state index < -0.39 is 23.4 Å². The molecule has 3 aromatic heterocycles. The van der Waals surface area contributed by atoms with Crippen molar-refractivity contribution < 1.29 is 37.1 Å². The number of aromatic amines is 2. The van der Waals surface area contributed by atoms with Gasteiger partial charge in [-0.1, -0.05) is 11.6 Å². The Morgan fingerprint density at radius 3 is 2.21 bits per heavy atom. The number of rotatable bonds is 9. The quantitative estimate of drug-likeness (QED) is 0.156. The number of hydrogen-bond donors (Lipinski definition) is 4. The van der Waals surface area contributed by atoms with Crippen LogP contribution in [0.3, 0.4) is 0 Å². The van der Waals surface area contributed by atoms with E-state index in [-0.39, 0.29) is 75.0 Å². The molecule has 0 aliphatic carbocycles. The summed E-state index contributed by atoms with van der Waals surface area (Å²) in [6.45, 7) is 10.2. The number of imidazole rings is 1. The summed E-state index contributed by atoms with van der Waals surface area (Å²) in [5, 5.41) is 11.8. The van der Waals surface area contributed by atoms with Gasteiger partial charge in [0.15, 0.2) is 11.5 Å². The molecule has 0 saturated carbocycles. The van der Waals surface area contributed by atoms with Crippen molar-refractivity contribution in [2.45, 2.75) is 58.7 Å². The van der Waals surface area contributed by atoms with Crippen molar-refractivity contribution in [3.63, 3.8) is 0 Å². The van der Waals surface area contributed by atoms with Gasteiger partial charge in [-0.3, -0.25) is 24.5 Å². The predicted molar refractivity (Wildman–Crippen MR) is 205 cm³/mol. The smallest absolute Gasteiger partial charge is 0.435 e. The molecule has 2 aliphatic heterocycles. The van der Waals surface area contributed by atoms with Crippen LogP contribution in [0.1, 0.15) is 78.5 Å². The van der Waals surface area contributed by atoms with E-state index in [1.54, 1.807) is 26.8 Å². The molecular weight excluding hydrogens is 769 g/mol. The Kier molecular flexibility index (Phi) is 12.1. The van der Waals surface area contributed by atoms with Crippen LogP contribution in [0.15, 0.2) is 42.7 Å². The fraction of sp³-hybridized carbons (Fsp3) is 0.447. The van der Waals surface area contributed by atoms with Crippen LogP contribution in [0.5, 0.6) is 0 Å². The lowest BCUT2D eigenvalue weighted by Gasteiger charge is -2.38. The normalized spacial score (nSPS) is 15.4. The summed E-state index contributed by atoms with van der Waals surface area (Å²) in [5.74, 6) is -1.37. The topological polar surface area (TPSA) is 182 Å². The van der Waals surface area contributed by atoms with E-state index >= 15 is 0 Å². The van der Waals surface area contributed by atoms with Crippen LogP contribution < -0.4 is 10.6 Å². The number of alkyl halides is 3. The van der Waals surface area contributed by atoms with Gasteiger partial charge in [0.05, 0.1) is 33.9 Å². The number of ether oxygens (including phenoxy) is 1. The van der Waals surface area contributed by atoms with Gasteiger partial charge in [-0.15, -0.1) is 0 Å². The monoisotopic (exact) mass is 812 g/mol. The third-order valence-electron chi connectivity index (χ3n) is 9.58. The van der Waals surface area contributed by atoms with E-state index in [9.17, 15) is 32.3 Å². The summed E-state index contributed by atoms with van der Waals surface area (Å²) in [4.78, 5) is 68.4. The van der Waals surface area contributed by atoms with Crippen LogP contribution in [0.2, 0.25) is 5.02 Å². The van der Waals surface area contributed by atoms with E-state index in [0.29, 0.717) is 64.3 Å². The molecule has 0 atom stereocenters. The summed E-state index contributed by atoms with van der Waals surface area (Å²) in [6.07, 6.45) is -1.56. The lowest BCUT2D eigenvalue weighted by atomic mass is 9.95. The van der Waals surface area contributed by atoms with Crippen LogP contribution >= 0.6 is 11.6 Å². The van der Waals surface area contributed by atoms with Crippen molar-refractivity contribution in [1.29, 1.82) is 0 Å². The van der Waals surface area contributed by atoms with Gasteiger partial charge in [-0.05, 0) is 70.9 Å². The summed E-state index contributed by atoms with van der Waals surface area (Å²) < 4.78 is 47.3. The number of anilines is 2. The van der Waals surface area contributed by atoms with E-state index in [2.05, 4.69) is 35.8 Å². The number of likely N-dealkylation sites (tertiary alicyclic amines) is 1. The SMILES string of the molecule is CCNc1ccc(-c2[nH]nc(C(F)(F)F)c2Cc2cnc(C(=O)Nc3ccc(C(=O)N4CCN(C(=O)C5CCN(C(=O)OC(C)(C)C)CC5)CC4)c(Cl)c3)[nH]2)nc1. The average Bonchev–Trinajstić information content (AvgIpc) is 3.82. The Bertz CT molecular complexity index is 2100. The second kappa shape index (κ2) is 16.8. The highest BCUT2D eigenvalue weighted by atomic mass is 35.5. The lowest BCUT2D eigenvalue weighted by molar-refractivity contribution is -0.141. The molecule has 1 aromatic carbocycles. The molecule has 304 valence electrons. The summed E-state index contributed by atoms with van der Waals surface area (Å²) in [5.41, 5.74) is -0.121. The zero-order valence-corrected chi connectivity index (χ0v) is 32.7. The van der Waals surface area contributed by atoms with Gasteiger partial charge in [0.1, 0.15) is 5.60 Å². The zero-order chi connectivity index (χ0) is 41.1. The number of piperazine rings is 1. The number of carbonyl (C=O) groups is 4. The highest BCUT2D eigenvalue weighted by Gasteiger charge is 2.39. The first-order chi connectivity index (χ1) is 27.0. The summed E-state index contributed by atoms with van der Waals surface area (Å²) >= 11 is 6.51. The molecule has 0 unspecified atom stereocenters. The van der Waals surface area contributed by atoms with Gasteiger partial charge in [-0.25, -0.2) is 9.78 Å². The first kappa shape index (κ1) is 41.0. The number of halogens is 4. The van der Waals surface area contributed by atoms with Crippen LogP contribution in [-0.4, -0.2) is 115 Å². The molecule has 57 heavy (non-hydrogen) atoms. The second-order valence-corrected chi connectivity index (χ2v) is 15.2. The van der Waals surface area contributed by atoms with E-state index in [0.717, 1.165) is 0 Å². The molecule has 2 fully saturated rings. The number of piperidine rings is 1. The van der Waals surface area contributed by atoms with Gasteiger partial charge < -0.3 is 35.1 Å². The molecule has 0 spiro atoms. The maximum absolute atomic E-state index is 13.9. The summed E-state index contributed by atoms with van der Waals surface area (Å²) in [6, 6.07) is 7.69. The Morgan fingerprint density at radius 1 is 0.912 bits per heavy atom. The number of nitrogens with one attached hydrogen (secondary N) is 4. The Hall–Kier alpha value is -5.65. The van der Waals surface area contributed by atoms with Gasteiger partial charge in [0.25, 0.3) is 11.8 Å². The Labute approximate surface area is 331 Å². The number of amides is 4. The minimum atomic E-state index is -4.75. The molecule has 5 heterocycles. The molecule has 0 bridgehead atoms. The molecule has 2 saturated heterocycles. The fourth-order valence-corrected chi connectivity index (χ4v) is 7.00. The van der Waals surface area contributed by atoms with Crippen molar-refractivity contribution >= 4 is 46.8 Å². The molecule has 4 N–H and O–H groups in total. The van der Waals surface area contributed by atoms with Crippen molar-refractivity contribution in [3.05, 3.63) is 76.1 Å². The Morgan fingerprint density at radius 2 is 1.60 bits per heavy atom. The number of carbonyl (C=O) groups excluding carboxylic acids is 4. The fourth-order valence-electron chi connectivity index (χ4n) is 6.74. The lowest BCUT2D eigenvalue weighted by Crippen LogP contribution is -2.53. The third-order valence-corrected chi connectivity index (χ3v) is 9.89. The third kappa shape index (κ3) is 9.84. The van der Waals surface area contributed by atoms with Gasteiger partial charge in [0, 0.05) is 81.3 Å². The van der Waals surface area contributed by atoms with Crippen LogP contribution in [0.25, 0.3) is 11.4 Å². The highest BCUT2D eigenvalue weighted by molar-refractivity contribution is 6.34. The summed E-state index contributed by atoms with van der Waals surface area (Å²) in [7, 11) is 0. The van der Waals surface area contributed by atoms with Crippen LogP contribution in [0, 0.1) is 5.92 Å². The standard InChI is InChI=1S/C38H44ClF3N10O5/c1-5-43-24-7-9-29(44-20-24)30-27(31(49-48-30)38(40,41)42)18-25-21-45-32(46-25)33(53)47-23-6-8-26(28(39)19-23)35(55)51-16-14-50(15-17-51)34(54)22-10-12-52(13-11-22)36(56)57-37(2,3)4/h6-9,19-22,43H,5,10-18H2,1-4H3,(H,45,46)(H,47,53)(H,48,49). The molecule has 0 radical (unpaired) electrons. The van der Waals surface area contributed by atoms with E-state index in [1.165, 1.54) is 30.6 Å². The number of benzene rings is 1. The number of nitrogens with zero attached hydrogens (tertiary/aromatic N) is 6. The molecule has 6 rings (SSSR count). The molecular formula is C38H44ClF3N10O5. The maximum Gasteiger partial charge on any atom is 0.435 e. The van der Waals surface area contributed by atoms with Crippen molar-refractivity contribution in [3.8, 4) is 11.4 Å². The van der Waals surface area contributed by atoms with Crippen molar-refractivity contribution in [1.82, 2.24) is 39.8 Å². The van der Waals surface area contributed by atoms with Crippen LogP contribution in [0.4, 0.5) is 29.3 Å². The van der Waals surface area contributed by atoms with Crippen molar-refractivity contribution in [2.75, 3.05) is 56.4 Å². The number of H-pyrrole nitrogens is 2. The molecule has 4 aromatic rings. The Balaban J connectivity index is 1.03. The van der Waals surface area contributed by atoms with E-state index in [1.807, 2.05) is 27.7 Å². The first-order valence-corrected chi connectivity index (χ1v) is 18.9. The molecule has 2 aliphatic rings. The highest BCUT2D eigenvalue weighted by Crippen LogP contribution is 2.36. The molecule has 15 nitrogen and oxygen atoms in total. The average molecular weight is 813 g/mol. The second-order valence-electron chi connectivity index (χ2n) is 14.8. The van der Waals surface area contributed by atoms with Gasteiger partial charge >= 0.3 is 12.3 Å². The maximum atomic E-state index is 13.9. The largest absolute Gasteiger partial charge is 0.444 e. The van der Waals surface area contributed by atoms with Gasteiger partial charge in [-0.2, -0.15) is 18.3 Å². The van der Waals surface area contributed by atoms with E-state index in [4.69, 9.17) is 16.3 Å². The predicted octanol–water partition coefficient (Wildman–Crippen LogP) is 6.07. The number of aromatic nitrogens is 5. The van der Waals surface area contributed by atoms with Gasteiger partial charge in [0.2, 0.25) is 5.91 Å². The number of hydrogen-bond acceptors (Lipinski definition) is 9. The minimum absolute atomic E-state index is 0.00768. The molecule has 19 heteroatoms. The number of pyridine rings is 1. The molecule has 4 amide bonds. The van der Waals surface area contributed by atoms with Crippen LogP contribution in [-0.2, 0) is 22.1 Å². The van der Waals surface area contributed by atoms with Crippen molar-refractivity contribution in [2.24, 2.45) is 5.92 Å². The first-order valence-electron chi connectivity index (χ1n) is 18.6. The minimum Gasteiger partial charge on any atom is -0.444 e. The zero-order valence-electron chi connectivity index (χ0n) is 31.9.